The number of thiophene rings is 1. The third-order valence-corrected chi connectivity index (χ3v) is 2.60. The predicted molar refractivity (Wildman–Crippen MR) is 53.6 cm³/mol. The van der Waals surface area contributed by atoms with Gasteiger partial charge in [-0.05, 0) is 30.6 Å². The number of nitrogens with zero attached hydrogens (tertiary/aromatic N) is 1. The first-order valence-electron chi connectivity index (χ1n) is 3.58. The Hall–Kier alpha value is -0.870. The monoisotopic (exact) mass is 196 g/mol. The van der Waals surface area contributed by atoms with Gasteiger partial charge in [-0.1, -0.05) is 0 Å². The lowest BCUT2D eigenvalue weighted by Gasteiger charge is -1.94. The Morgan fingerprint density at radius 3 is 2.92 bits per heavy atom. The second-order valence-electron chi connectivity index (χ2n) is 2.59. The lowest BCUT2D eigenvalue weighted by atomic mass is 10.5. The predicted octanol–water partition coefficient (Wildman–Crippen LogP) is 2.90. The van der Waals surface area contributed by atoms with E-state index < -0.39 is 0 Å². The highest BCUT2D eigenvalue weighted by atomic mass is 32.1. The summed E-state index contributed by atoms with van der Waals surface area (Å²) < 4.78 is 2.73. The van der Waals surface area contributed by atoms with Gasteiger partial charge in [0.15, 0.2) is 4.77 Å². The van der Waals surface area contributed by atoms with Crippen LogP contribution in [0.25, 0.3) is 5.69 Å². The van der Waals surface area contributed by atoms with Crippen LogP contribution in [-0.4, -0.2) is 9.55 Å². The van der Waals surface area contributed by atoms with Gasteiger partial charge in [0.05, 0.1) is 5.69 Å². The van der Waals surface area contributed by atoms with Crippen molar-refractivity contribution in [1.82, 2.24) is 9.55 Å². The van der Waals surface area contributed by atoms with Gasteiger partial charge in [-0.15, -0.1) is 0 Å². The van der Waals surface area contributed by atoms with E-state index in [1.54, 1.807) is 11.3 Å². The molecule has 2 aromatic heterocycles. The first kappa shape index (κ1) is 7.76. The molecule has 2 nitrogen and oxygen atoms in total. The van der Waals surface area contributed by atoms with Crippen molar-refractivity contribution in [2.45, 2.75) is 6.92 Å². The molecule has 0 saturated heterocycles. The zero-order valence-corrected chi connectivity index (χ0v) is 8.21. The van der Waals surface area contributed by atoms with Crippen molar-refractivity contribution in [2.75, 3.05) is 0 Å². The van der Waals surface area contributed by atoms with Crippen molar-refractivity contribution in [3.8, 4) is 5.69 Å². The maximum absolute atomic E-state index is 5.13. The van der Waals surface area contributed by atoms with Crippen molar-refractivity contribution in [1.29, 1.82) is 0 Å². The lowest BCUT2D eigenvalue weighted by Crippen LogP contribution is -1.87. The van der Waals surface area contributed by atoms with Gasteiger partial charge in [-0.25, -0.2) is 0 Å². The van der Waals surface area contributed by atoms with E-state index >= 15 is 0 Å². The molecule has 0 amide bonds. The van der Waals surface area contributed by atoms with Crippen LogP contribution in [0.4, 0.5) is 0 Å². The van der Waals surface area contributed by atoms with E-state index in [2.05, 4.69) is 10.4 Å². The number of aromatic amines is 1. The first-order chi connectivity index (χ1) is 5.77. The molecular formula is C8H8N2S2. The topological polar surface area (TPSA) is 20.7 Å². The molecule has 2 aromatic rings. The van der Waals surface area contributed by atoms with Gasteiger partial charge in [0, 0.05) is 17.3 Å². The van der Waals surface area contributed by atoms with E-state index in [1.807, 2.05) is 29.1 Å². The summed E-state index contributed by atoms with van der Waals surface area (Å²) in [7, 11) is 0. The lowest BCUT2D eigenvalue weighted by molar-refractivity contribution is 1.04. The fourth-order valence-electron chi connectivity index (χ4n) is 1.10. The van der Waals surface area contributed by atoms with Crippen molar-refractivity contribution >= 4 is 23.6 Å². The van der Waals surface area contributed by atoms with Gasteiger partial charge in [0.2, 0.25) is 0 Å². The van der Waals surface area contributed by atoms with Crippen molar-refractivity contribution in [2.24, 2.45) is 0 Å². The number of imidazole rings is 1. The third kappa shape index (κ3) is 1.23. The molecule has 0 spiro atoms. The molecule has 0 aliphatic carbocycles. The molecule has 4 heteroatoms. The summed E-state index contributed by atoms with van der Waals surface area (Å²) in [5, 5.41) is 4.11. The van der Waals surface area contributed by atoms with Crippen molar-refractivity contribution in [3.63, 3.8) is 0 Å². The van der Waals surface area contributed by atoms with Gasteiger partial charge in [0.25, 0.3) is 0 Å². The van der Waals surface area contributed by atoms with Gasteiger partial charge in [-0.2, -0.15) is 11.3 Å². The molecule has 0 unspecified atom stereocenters. The van der Waals surface area contributed by atoms with Gasteiger partial charge in [-0.3, -0.25) is 4.57 Å². The Labute approximate surface area is 79.5 Å². The average molecular weight is 196 g/mol. The van der Waals surface area contributed by atoms with E-state index in [-0.39, 0.29) is 0 Å². The van der Waals surface area contributed by atoms with E-state index in [9.17, 15) is 0 Å². The molecule has 0 aromatic carbocycles. The van der Waals surface area contributed by atoms with Crippen LogP contribution < -0.4 is 0 Å². The molecular weight excluding hydrogens is 188 g/mol. The van der Waals surface area contributed by atoms with E-state index in [4.69, 9.17) is 12.2 Å². The highest BCUT2D eigenvalue weighted by Gasteiger charge is 1.98. The third-order valence-electron chi connectivity index (χ3n) is 1.63. The Kier molecular flexibility index (Phi) is 1.86. The Bertz CT molecular complexity index is 422. The smallest absolute Gasteiger partial charge is 0.182 e. The molecule has 2 rings (SSSR count). The molecule has 0 aliphatic rings. The molecule has 0 fully saturated rings. The van der Waals surface area contributed by atoms with Gasteiger partial charge >= 0.3 is 0 Å². The molecule has 0 saturated carbocycles. The Morgan fingerprint density at radius 2 is 2.42 bits per heavy atom. The number of rotatable bonds is 1. The molecule has 12 heavy (non-hydrogen) atoms. The standard InChI is InChI=1S/C8H8N2S2/c1-6-4-10(8(11)9-6)7-2-3-12-5-7/h2-5H,1H3,(H,9,11). The maximum Gasteiger partial charge on any atom is 0.182 e. The highest BCUT2D eigenvalue weighted by Crippen LogP contribution is 2.13. The van der Waals surface area contributed by atoms with Crippen LogP contribution in [0.1, 0.15) is 5.69 Å². The van der Waals surface area contributed by atoms with Crippen LogP contribution >= 0.6 is 23.6 Å². The summed E-state index contributed by atoms with van der Waals surface area (Å²) in [6, 6.07) is 2.05. The molecule has 0 aliphatic heterocycles. The molecule has 1 N–H and O–H groups in total. The largest absolute Gasteiger partial charge is 0.335 e. The van der Waals surface area contributed by atoms with Crippen LogP contribution in [0.2, 0.25) is 0 Å². The normalized spacial score (nSPS) is 10.4. The number of nitrogens with one attached hydrogen (secondary N) is 1. The molecule has 62 valence electrons. The van der Waals surface area contributed by atoms with Gasteiger partial charge in [0.1, 0.15) is 0 Å². The summed E-state index contributed by atoms with van der Waals surface area (Å²) in [5.74, 6) is 0. The number of hydrogen-bond acceptors (Lipinski definition) is 2. The SMILES string of the molecule is Cc1cn(-c2ccsc2)c(=S)[nH]1. The van der Waals surface area contributed by atoms with Crippen molar-refractivity contribution < 1.29 is 0 Å². The quantitative estimate of drug-likeness (QED) is 0.695. The molecule has 2 heterocycles. The van der Waals surface area contributed by atoms with E-state index in [1.165, 1.54) is 0 Å². The second-order valence-corrected chi connectivity index (χ2v) is 3.76. The first-order valence-corrected chi connectivity index (χ1v) is 4.93. The summed E-state index contributed by atoms with van der Waals surface area (Å²) in [6.07, 6.45) is 2.00. The summed E-state index contributed by atoms with van der Waals surface area (Å²) in [5.41, 5.74) is 2.22. The minimum absolute atomic E-state index is 0.755. The zero-order valence-electron chi connectivity index (χ0n) is 6.57. The maximum atomic E-state index is 5.13. The summed E-state index contributed by atoms with van der Waals surface area (Å²) in [4.78, 5) is 3.08. The number of hydrogen-bond donors (Lipinski definition) is 1. The van der Waals surface area contributed by atoms with Crippen LogP contribution in [0.15, 0.2) is 23.0 Å². The van der Waals surface area contributed by atoms with Crippen molar-refractivity contribution in [3.05, 3.63) is 33.5 Å². The van der Waals surface area contributed by atoms with Crippen LogP contribution in [0.5, 0.6) is 0 Å². The Morgan fingerprint density at radius 1 is 1.58 bits per heavy atom. The average Bonchev–Trinajstić information content (AvgIpc) is 2.58. The van der Waals surface area contributed by atoms with Crippen LogP contribution in [0, 0.1) is 11.7 Å². The van der Waals surface area contributed by atoms with Crippen LogP contribution in [0.3, 0.4) is 0 Å². The number of aromatic nitrogens is 2. The minimum Gasteiger partial charge on any atom is -0.335 e. The fraction of sp³-hybridized carbons (Fsp3) is 0.125. The second kappa shape index (κ2) is 2.88. The molecule has 0 bridgehead atoms. The van der Waals surface area contributed by atoms with E-state index in [0.717, 1.165) is 16.2 Å². The van der Waals surface area contributed by atoms with Gasteiger partial charge < -0.3 is 4.98 Å². The number of H-pyrrole nitrogens is 1. The fourth-order valence-corrected chi connectivity index (χ4v) is 2.05. The highest BCUT2D eigenvalue weighted by molar-refractivity contribution is 7.71. The minimum atomic E-state index is 0.755. The van der Waals surface area contributed by atoms with Crippen LogP contribution in [-0.2, 0) is 0 Å². The summed E-state index contributed by atoms with van der Waals surface area (Å²) in [6.45, 7) is 2.00. The molecule has 0 atom stereocenters. The molecule has 0 radical (unpaired) electrons. The summed E-state index contributed by atoms with van der Waals surface area (Å²) >= 11 is 6.80. The van der Waals surface area contributed by atoms with E-state index in [0.29, 0.717) is 0 Å². The Balaban J connectivity index is 2.61. The number of aryl methyl sites for hydroxylation is 1. The zero-order chi connectivity index (χ0) is 8.55.